The Hall–Kier alpha value is -1.18. The predicted molar refractivity (Wildman–Crippen MR) is 85.5 cm³/mol. The zero-order valence-corrected chi connectivity index (χ0v) is 13.4. The molecule has 0 unspecified atom stereocenters. The highest BCUT2D eigenvalue weighted by molar-refractivity contribution is 9.10. The minimum absolute atomic E-state index is 0.260. The summed E-state index contributed by atoms with van der Waals surface area (Å²) in [6.45, 7) is 0. The van der Waals surface area contributed by atoms with Gasteiger partial charge in [-0.25, -0.2) is 14.4 Å². The molecule has 0 spiro atoms. The van der Waals surface area contributed by atoms with Crippen LogP contribution >= 0.6 is 39.0 Å². The highest BCUT2D eigenvalue weighted by Gasteiger charge is 2.07. The number of thiophene rings is 1. The second-order valence-corrected chi connectivity index (χ2v) is 6.85. The number of anilines is 1. The molecule has 2 aromatic heterocycles. The molecule has 0 atom stereocenters. The van der Waals surface area contributed by atoms with Crippen molar-refractivity contribution in [1.29, 1.82) is 0 Å². The van der Waals surface area contributed by atoms with Gasteiger partial charge in [0.05, 0.1) is 5.39 Å². The fraction of sp³-hybridized carbons (Fsp3) is 0.0769. The molecule has 2 N–H and O–H groups in total. The van der Waals surface area contributed by atoms with Gasteiger partial charge >= 0.3 is 0 Å². The van der Waals surface area contributed by atoms with Crippen molar-refractivity contribution in [2.45, 2.75) is 10.9 Å². The lowest BCUT2D eigenvalue weighted by atomic mass is 10.2. The summed E-state index contributed by atoms with van der Waals surface area (Å²) in [4.78, 5) is 9.58. The molecule has 3 aromatic rings. The van der Waals surface area contributed by atoms with Crippen molar-refractivity contribution in [2.75, 3.05) is 5.73 Å². The van der Waals surface area contributed by atoms with Gasteiger partial charge < -0.3 is 5.73 Å². The van der Waals surface area contributed by atoms with Crippen molar-refractivity contribution in [1.82, 2.24) is 9.97 Å². The number of aromatic nitrogens is 2. The van der Waals surface area contributed by atoms with Gasteiger partial charge in [0.2, 0.25) is 0 Å². The third-order valence-corrected chi connectivity index (χ3v) is 4.81. The number of nitrogen functional groups attached to an aromatic ring is 1. The zero-order chi connectivity index (χ0) is 14.1. The van der Waals surface area contributed by atoms with Crippen LogP contribution in [-0.4, -0.2) is 9.97 Å². The number of benzene rings is 1. The Kier molecular flexibility index (Phi) is 3.91. The van der Waals surface area contributed by atoms with Crippen LogP contribution in [-0.2, 0) is 5.75 Å². The van der Waals surface area contributed by atoms with Crippen LogP contribution in [0.4, 0.5) is 10.2 Å². The van der Waals surface area contributed by atoms with E-state index in [2.05, 4.69) is 25.9 Å². The molecule has 0 saturated carbocycles. The summed E-state index contributed by atoms with van der Waals surface area (Å²) in [5, 5.41) is 3.43. The Bertz CT molecular complexity index is 755. The lowest BCUT2D eigenvalue weighted by molar-refractivity contribution is 0.625. The number of thioether (sulfide) groups is 1. The van der Waals surface area contributed by atoms with Crippen molar-refractivity contribution in [3.63, 3.8) is 0 Å². The Labute approximate surface area is 131 Å². The second-order valence-electron chi connectivity index (χ2n) is 4.10. The van der Waals surface area contributed by atoms with Crippen LogP contribution in [0.15, 0.2) is 39.3 Å². The van der Waals surface area contributed by atoms with Gasteiger partial charge in [-0.05, 0) is 35.2 Å². The quantitative estimate of drug-likeness (QED) is 0.546. The van der Waals surface area contributed by atoms with Gasteiger partial charge in [-0.1, -0.05) is 27.7 Å². The maximum atomic E-state index is 13.3. The Balaban J connectivity index is 1.82. The molecule has 0 aliphatic carbocycles. The molecule has 3 rings (SSSR count). The number of hydrogen-bond acceptors (Lipinski definition) is 5. The van der Waals surface area contributed by atoms with Crippen molar-refractivity contribution in [3.8, 4) is 0 Å². The number of nitrogens with two attached hydrogens (primary N) is 1. The van der Waals surface area contributed by atoms with Gasteiger partial charge in [-0.2, -0.15) is 0 Å². The van der Waals surface area contributed by atoms with Crippen LogP contribution in [0, 0.1) is 5.82 Å². The monoisotopic (exact) mass is 369 g/mol. The van der Waals surface area contributed by atoms with E-state index in [9.17, 15) is 4.39 Å². The fourth-order valence-corrected chi connectivity index (χ4v) is 3.89. The van der Waals surface area contributed by atoms with E-state index in [4.69, 9.17) is 5.73 Å². The average molecular weight is 370 g/mol. The molecule has 102 valence electrons. The summed E-state index contributed by atoms with van der Waals surface area (Å²) < 4.78 is 14.0. The van der Waals surface area contributed by atoms with Gasteiger partial charge in [-0.3, -0.25) is 0 Å². The smallest absolute Gasteiger partial charge is 0.191 e. The van der Waals surface area contributed by atoms with Crippen LogP contribution in [0.2, 0.25) is 0 Å². The molecule has 7 heteroatoms. The fourth-order valence-electron chi connectivity index (χ4n) is 1.76. The van der Waals surface area contributed by atoms with Crippen molar-refractivity contribution in [2.24, 2.45) is 0 Å². The maximum Gasteiger partial charge on any atom is 0.191 e. The van der Waals surface area contributed by atoms with E-state index in [1.807, 2.05) is 17.5 Å². The highest BCUT2D eigenvalue weighted by Crippen LogP contribution is 2.28. The molecular formula is C13H9BrFN3S2. The number of hydrogen-bond donors (Lipinski definition) is 1. The summed E-state index contributed by atoms with van der Waals surface area (Å²) in [5.74, 6) is 0.815. The summed E-state index contributed by atoms with van der Waals surface area (Å²) in [5.41, 5.74) is 6.76. The molecule has 0 aliphatic rings. The largest absolute Gasteiger partial charge is 0.383 e. The maximum absolute atomic E-state index is 13.3. The summed E-state index contributed by atoms with van der Waals surface area (Å²) in [7, 11) is 0. The minimum atomic E-state index is -0.260. The average Bonchev–Trinajstić information content (AvgIpc) is 2.84. The van der Waals surface area contributed by atoms with Crippen molar-refractivity contribution in [3.05, 3.63) is 45.5 Å². The van der Waals surface area contributed by atoms with Crippen molar-refractivity contribution >= 4 is 55.1 Å². The predicted octanol–water partition coefficient (Wildman–Crippen LogP) is 4.47. The lowest BCUT2D eigenvalue weighted by Gasteiger charge is -2.04. The topological polar surface area (TPSA) is 51.8 Å². The number of rotatable bonds is 3. The van der Waals surface area contributed by atoms with Crippen LogP contribution in [0.25, 0.3) is 10.2 Å². The summed E-state index contributed by atoms with van der Waals surface area (Å²) >= 11 is 6.25. The third kappa shape index (κ3) is 2.94. The number of fused-ring (bicyclic) bond motifs is 1. The van der Waals surface area contributed by atoms with E-state index in [0.29, 0.717) is 16.7 Å². The van der Waals surface area contributed by atoms with Crippen LogP contribution in [0.1, 0.15) is 5.56 Å². The molecule has 20 heavy (non-hydrogen) atoms. The molecule has 0 aliphatic heterocycles. The normalized spacial score (nSPS) is 11.1. The first-order valence-corrected chi connectivity index (χ1v) is 8.36. The van der Waals surface area contributed by atoms with Gasteiger partial charge in [0, 0.05) is 10.2 Å². The number of nitrogens with zero attached hydrogens (tertiary/aromatic N) is 2. The van der Waals surface area contributed by atoms with E-state index >= 15 is 0 Å². The summed E-state index contributed by atoms with van der Waals surface area (Å²) in [6.07, 6.45) is 0. The highest BCUT2D eigenvalue weighted by atomic mass is 79.9. The van der Waals surface area contributed by atoms with Crippen LogP contribution in [0.3, 0.4) is 0 Å². The van der Waals surface area contributed by atoms with Gasteiger partial charge in [0.15, 0.2) is 5.16 Å². The van der Waals surface area contributed by atoms with E-state index in [1.165, 1.54) is 35.2 Å². The Morgan fingerprint density at radius 1 is 1.30 bits per heavy atom. The van der Waals surface area contributed by atoms with Crippen molar-refractivity contribution < 1.29 is 4.39 Å². The SMILES string of the molecule is Nc1nc(SCc2cc(F)cc(Br)c2)nc2sccc12. The standard InChI is InChI=1S/C13H9BrFN3S2/c14-8-3-7(4-9(15)5-8)6-20-13-17-11(16)10-1-2-19-12(10)18-13/h1-5H,6H2,(H2,16,17,18). The molecule has 0 amide bonds. The molecule has 2 heterocycles. The lowest BCUT2D eigenvalue weighted by Crippen LogP contribution is -1.95. The Morgan fingerprint density at radius 2 is 2.15 bits per heavy atom. The first-order valence-electron chi connectivity index (χ1n) is 5.70. The van der Waals surface area contributed by atoms with E-state index in [-0.39, 0.29) is 5.82 Å². The second kappa shape index (κ2) is 5.67. The first-order chi connectivity index (χ1) is 9.61. The van der Waals surface area contributed by atoms with Crippen LogP contribution in [0.5, 0.6) is 0 Å². The molecule has 0 bridgehead atoms. The molecule has 3 nitrogen and oxygen atoms in total. The molecule has 0 radical (unpaired) electrons. The Morgan fingerprint density at radius 3 is 2.95 bits per heavy atom. The van der Waals surface area contributed by atoms with Gasteiger partial charge in [0.1, 0.15) is 16.5 Å². The number of halogens is 2. The molecule has 1 aromatic carbocycles. The van der Waals surface area contributed by atoms with Crippen LogP contribution < -0.4 is 5.73 Å². The van der Waals surface area contributed by atoms with E-state index in [0.717, 1.165) is 20.3 Å². The van der Waals surface area contributed by atoms with E-state index < -0.39 is 0 Å². The zero-order valence-electron chi connectivity index (χ0n) is 10.1. The third-order valence-electron chi connectivity index (χ3n) is 2.62. The molecule has 0 saturated heterocycles. The molecule has 0 fully saturated rings. The minimum Gasteiger partial charge on any atom is -0.383 e. The van der Waals surface area contributed by atoms with Gasteiger partial charge in [0.25, 0.3) is 0 Å². The van der Waals surface area contributed by atoms with E-state index in [1.54, 1.807) is 0 Å². The summed E-state index contributed by atoms with van der Waals surface area (Å²) in [6, 6.07) is 6.72. The first kappa shape index (κ1) is 13.8. The van der Waals surface area contributed by atoms with Gasteiger partial charge in [-0.15, -0.1) is 11.3 Å². The molecular weight excluding hydrogens is 361 g/mol.